The number of anilines is 1. The minimum absolute atomic E-state index is 0.151. The van der Waals surface area contributed by atoms with Gasteiger partial charge in [0, 0.05) is 25.2 Å². The van der Waals surface area contributed by atoms with Gasteiger partial charge >= 0.3 is 0 Å². The van der Waals surface area contributed by atoms with Crippen molar-refractivity contribution in [1.29, 1.82) is 0 Å². The van der Waals surface area contributed by atoms with E-state index in [0.29, 0.717) is 11.6 Å². The fourth-order valence-corrected chi connectivity index (χ4v) is 2.87. The smallest absolute Gasteiger partial charge is 0.228 e. The second kappa shape index (κ2) is 3.68. The second-order valence-electron chi connectivity index (χ2n) is 3.62. The van der Waals surface area contributed by atoms with Crippen molar-refractivity contribution in [3.05, 3.63) is 17.4 Å². The monoisotopic (exact) mass is 253 g/mol. The summed E-state index contributed by atoms with van der Waals surface area (Å²) in [6.07, 6.45) is 3.22. The summed E-state index contributed by atoms with van der Waals surface area (Å²) in [5.74, 6) is 0.151. The van der Waals surface area contributed by atoms with Gasteiger partial charge in [-0.1, -0.05) is 22.9 Å². The molecule has 1 amide bonds. The molecule has 1 saturated heterocycles. The highest BCUT2D eigenvalue weighted by molar-refractivity contribution is 7.22. The van der Waals surface area contributed by atoms with Crippen molar-refractivity contribution in [3.8, 4) is 0 Å². The largest absolute Gasteiger partial charge is 0.288 e. The van der Waals surface area contributed by atoms with Gasteiger partial charge in [-0.05, 0) is 6.42 Å². The zero-order valence-corrected chi connectivity index (χ0v) is 9.88. The van der Waals surface area contributed by atoms with Crippen molar-refractivity contribution in [1.82, 2.24) is 9.97 Å². The molecule has 0 radical (unpaired) electrons. The minimum atomic E-state index is 0.151. The Bertz CT molecular complexity index is 568. The molecule has 2 aromatic rings. The van der Waals surface area contributed by atoms with E-state index in [0.717, 1.165) is 28.3 Å². The van der Waals surface area contributed by atoms with Crippen LogP contribution in [0.15, 0.2) is 12.3 Å². The van der Waals surface area contributed by atoms with Crippen LogP contribution < -0.4 is 4.90 Å². The van der Waals surface area contributed by atoms with Crippen LogP contribution in [0.1, 0.15) is 12.8 Å². The van der Waals surface area contributed by atoms with E-state index >= 15 is 0 Å². The van der Waals surface area contributed by atoms with Gasteiger partial charge in [0.05, 0.1) is 10.2 Å². The Kier molecular flexibility index (Phi) is 2.29. The van der Waals surface area contributed by atoms with Gasteiger partial charge in [-0.25, -0.2) is 9.97 Å². The average molecular weight is 254 g/mol. The highest BCUT2D eigenvalue weighted by Gasteiger charge is 2.24. The predicted molar refractivity (Wildman–Crippen MR) is 64.0 cm³/mol. The highest BCUT2D eigenvalue weighted by Crippen LogP contribution is 2.31. The molecule has 4 nitrogen and oxygen atoms in total. The number of hydrogen-bond donors (Lipinski definition) is 0. The van der Waals surface area contributed by atoms with Gasteiger partial charge in [0.25, 0.3) is 0 Å². The average Bonchev–Trinajstić information content (AvgIpc) is 2.82. The molecular weight excluding hydrogens is 246 g/mol. The van der Waals surface area contributed by atoms with Gasteiger partial charge in [0.1, 0.15) is 5.15 Å². The Morgan fingerprint density at radius 2 is 2.38 bits per heavy atom. The van der Waals surface area contributed by atoms with Crippen molar-refractivity contribution in [2.75, 3.05) is 11.4 Å². The molecule has 1 aliphatic heterocycles. The first-order valence-electron chi connectivity index (χ1n) is 4.96. The maximum Gasteiger partial charge on any atom is 0.228 e. The van der Waals surface area contributed by atoms with Crippen LogP contribution in [0.4, 0.5) is 5.13 Å². The highest BCUT2D eigenvalue weighted by atomic mass is 35.5. The lowest BCUT2D eigenvalue weighted by Crippen LogP contribution is -2.23. The molecule has 1 aliphatic rings. The third kappa shape index (κ3) is 1.56. The SMILES string of the molecule is O=C1CCCN1c1nc2cc(Cl)ncc2s1. The lowest BCUT2D eigenvalue weighted by atomic mass is 10.4. The molecule has 1 fully saturated rings. The molecule has 0 spiro atoms. The number of hydrogen-bond acceptors (Lipinski definition) is 4. The Hall–Kier alpha value is -1.20. The number of pyridine rings is 1. The standard InChI is InChI=1S/C10H8ClN3OS/c11-8-4-6-7(5-12-8)16-10(13-6)14-3-1-2-9(14)15/h4-5H,1-3H2. The maximum atomic E-state index is 11.6. The van der Waals surface area contributed by atoms with Gasteiger partial charge in [-0.2, -0.15) is 0 Å². The molecule has 2 aromatic heterocycles. The summed E-state index contributed by atoms with van der Waals surface area (Å²) in [5.41, 5.74) is 0.805. The number of carbonyl (C=O) groups is 1. The zero-order chi connectivity index (χ0) is 11.1. The number of fused-ring (bicyclic) bond motifs is 1. The minimum Gasteiger partial charge on any atom is -0.288 e. The van der Waals surface area contributed by atoms with Gasteiger partial charge < -0.3 is 0 Å². The molecule has 0 bridgehead atoms. The number of aromatic nitrogens is 2. The Morgan fingerprint density at radius 1 is 1.50 bits per heavy atom. The molecule has 0 saturated carbocycles. The van der Waals surface area contributed by atoms with Crippen LogP contribution in [0.25, 0.3) is 10.2 Å². The first kappa shape index (κ1) is 9.99. The molecule has 3 rings (SSSR count). The fourth-order valence-electron chi connectivity index (χ4n) is 1.76. The molecule has 0 unspecified atom stereocenters. The van der Waals surface area contributed by atoms with Crippen molar-refractivity contribution in [2.45, 2.75) is 12.8 Å². The summed E-state index contributed by atoms with van der Waals surface area (Å²) in [4.78, 5) is 21.7. The van der Waals surface area contributed by atoms with Crippen LogP contribution in [0.3, 0.4) is 0 Å². The number of halogens is 1. The van der Waals surface area contributed by atoms with Crippen molar-refractivity contribution >= 4 is 44.2 Å². The molecule has 3 heterocycles. The van der Waals surface area contributed by atoms with E-state index in [2.05, 4.69) is 9.97 Å². The Labute approximate surface area is 101 Å². The first-order valence-corrected chi connectivity index (χ1v) is 6.16. The topological polar surface area (TPSA) is 46.1 Å². The number of carbonyl (C=O) groups excluding carboxylic acids is 1. The maximum absolute atomic E-state index is 11.6. The molecule has 0 aromatic carbocycles. The normalized spacial score (nSPS) is 16.3. The molecule has 0 N–H and O–H groups in total. The quantitative estimate of drug-likeness (QED) is 0.734. The van der Waals surface area contributed by atoms with Crippen LogP contribution in [0.2, 0.25) is 5.15 Å². The van der Waals surface area contributed by atoms with E-state index in [1.165, 1.54) is 11.3 Å². The van der Waals surface area contributed by atoms with Crippen LogP contribution in [0.5, 0.6) is 0 Å². The van der Waals surface area contributed by atoms with E-state index < -0.39 is 0 Å². The van der Waals surface area contributed by atoms with E-state index in [9.17, 15) is 4.79 Å². The van der Waals surface area contributed by atoms with Gasteiger partial charge in [-0.15, -0.1) is 0 Å². The predicted octanol–water partition coefficient (Wildman–Crippen LogP) is 2.47. The number of amides is 1. The van der Waals surface area contributed by atoms with Crippen molar-refractivity contribution < 1.29 is 4.79 Å². The van der Waals surface area contributed by atoms with Crippen LogP contribution in [-0.2, 0) is 4.79 Å². The van der Waals surface area contributed by atoms with Crippen molar-refractivity contribution in [2.24, 2.45) is 0 Å². The molecular formula is C10H8ClN3OS. The Morgan fingerprint density at radius 3 is 3.12 bits per heavy atom. The summed E-state index contributed by atoms with van der Waals surface area (Å²) < 4.78 is 0.958. The number of thiazole rings is 1. The lowest BCUT2D eigenvalue weighted by molar-refractivity contribution is -0.117. The summed E-state index contributed by atoms with van der Waals surface area (Å²) in [5, 5.41) is 1.18. The number of nitrogens with zero attached hydrogens (tertiary/aromatic N) is 3. The summed E-state index contributed by atoms with van der Waals surface area (Å²) >= 11 is 7.27. The summed E-state index contributed by atoms with van der Waals surface area (Å²) in [7, 11) is 0. The van der Waals surface area contributed by atoms with Gasteiger partial charge in [-0.3, -0.25) is 9.69 Å². The summed E-state index contributed by atoms with van der Waals surface area (Å²) in [6, 6.07) is 1.72. The zero-order valence-electron chi connectivity index (χ0n) is 8.31. The van der Waals surface area contributed by atoms with Crippen LogP contribution >= 0.6 is 22.9 Å². The van der Waals surface area contributed by atoms with E-state index in [-0.39, 0.29) is 5.91 Å². The lowest BCUT2D eigenvalue weighted by Gasteiger charge is -2.09. The third-order valence-electron chi connectivity index (χ3n) is 2.54. The van der Waals surface area contributed by atoms with Gasteiger partial charge in [0.2, 0.25) is 5.91 Å². The van der Waals surface area contributed by atoms with Crippen LogP contribution in [-0.4, -0.2) is 22.4 Å². The molecule has 0 atom stereocenters. The molecule has 16 heavy (non-hydrogen) atoms. The van der Waals surface area contributed by atoms with Crippen LogP contribution in [0, 0.1) is 0 Å². The number of rotatable bonds is 1. The van der Waals surface area contributed by atoms with E-state index in [4.69, 9.17) is 11.6 Å². The molecule has 0 aliphatic carbocycles. The summed E-state index contributed by atoms with van der Waals surface area (Å²) in [6.45, 7) is 0.764. The molecule has 82 valence electrons. The van der Waals surface area contributed by atoms with Gasteiger partial charge in [0.15, 0.2) is 5.13 Å². The third-order valence-corrected chi connectivity index (χ3v) is 3.77. The second-order valence-corrected chi connectivity index (χ2v) is 5.02. The molecule has 6 heteroatoms. The van der Waals surface area contributed by atoms with E-state index in [1.54, 1.807) is 17.2 Å². The Balaban J connectivity index is 2.08. The van der Waals surface area contributed by atoms with Crippen molar-refractivity contribution in [3.63, 3.8) is 0 Å². The van der Waals surface area contributed by atoms with E-state index in [1.807, 2.05) is 0 Å². The fraction of sp³-hybridized carbons (Fsp3) is 0.300. The first-order chi connectivity index (χ1) is 7.74.